The van der Waals surface area contributed by atoms with E-state index in [1.54, 1.807) is 0 Å². The Morgan fingerprint density at radius 2 is 1.78 bits per heavy atom. The summed E-state index contributed by atoms with van der Waals surface area (Å²) in [7, 11) is 0. The van der Waals surface area contributed by atoms with Crippen LogP contribution in [0.15, 0.2) is 0 Å². The average molecular weight is 255 g/mol. The molecular weight excluding hydrogens is 226 g/mol. The number of hydrogen-bond acceptors (Lipinski definition) is 2. The number of carboxylic acids is 1. The molecule has 3 heteroatoms. The van der Waals surface area contributed by atoms with Crippen molar-refractivity contribution in [1.82, 2.24) is 4.90 Å². The molecule has 18 heavy (non-hydrogen) atoms. The summed E-state index contributed by atoms with van der Waals surface area (Å²) >= 11 is 0. The Morgan fingerprint density at radius 3 is 2.22 bits per heavy atom. The van der Waals surface area contributed by atoms with Crippen LogP contribution in [0.3, 0.4) is 0 Å². The van der Waals surface area contributed by atoms with Gasteiger partial charge in [-0.25, -0.2) is 0 Å². The van der Waals surface area contributed by atoms with E-state index in [9.17, 15) is 4.79 Å². The highest BCUT2D eigenvalue weighted by Crippen LogP contribution is 2.31. The zero-order chi connectivity index (χ0) is 13.5. The van der Waals surface area contributed by atoms with Crippen LogP contribution in [-0.4, -0.2) is 35.6 Å². The van der Waals surface area contributed by atoms with Gasteiger partial charge in [-0.3, -0.25) is 4.79 Å². The van der Waals surface area contributed by atoms with E-state index in [0.29, 0.717) is 12.3 Å². The largest absolute Gasteiger partial charge is 0.481 e. The third-order valence-corrected chi connectivity index (χ3v) is 4.02. The molecule has 1 saturated carbocycles. The Bertz CT molecular complexity index is 245. The average Bonchev–Trinajstić information content (AvgIpc) is 2.29. The van der Waals surface area contributed by atoms with Gasteiger partial charge < -0.3 is 10.0 Å². The fourth-order valence-corrected chi connectivity index (χ4v) is 3.08. The first kappa shape index (κ1) is 15.5. The zero-order valence-corrected chi connectivity index (χ0v) is 12.2. The predicted molar refractivity (Wildman–Crippen MR) is 74.7 cm³/mol. The molecule has 1 aliphatic carbocycles. The minimum Gasteiger partial charge on any atom is -0.481 e. The molecule has 0 amide bonds. The van der Waals surface area contributed by atoms with Gasteiger partial charge in [0.1, 0.15) is 0 Å². The summed E-state index contributed by atoms with van der Waals surface area (Å²) < 4.78 is 0. The molecule has 106 valence electrons. The van der Waals surface area contributed by atoms with Crippen molar-refractivity contribution in [3.05, 3.63) is 0 Å². The zero-order valence-electron chi connectivity index (χ0n) is 12.2. The van der Waals surface area contributed by atoms with Crippen molar-refractivity contribution >= 4 is 5.97 Å². The van der Waals surface area contributed by atoms with Crippen LogP contribution in [0.1, 0.15) is 52.9 Å². The molecule has 0 aliphatic heterocycles. The first-order valence-corrected chi connectivity index (χ1v) is 7.45. The van der Waals surface area contributed by atoms with Crippen molar-refractivity contribution in [2.75, 3.05) is 19.6 Å². The molecule has 0 aromatic carbocycles. The Morgan fingerprint density at radius 1 is 1.22 bits per heavy atom. The van der Waals surface area contributed by atoms with E-state index in [2.05, 4.69) is 25.7 Å². The number of carboxylic acid groups (broad SMARTS) is 1. The van der Waals surface area contributed by atoms with Crippen LogP contribution < -0.4 is 0 Å². The molecule has 0 spiro atoms. The second-order valence-corrected chi connectivity index (χ2v) is 6.23. The van der Waals surface area contributed by atoms with Crippen molar-refractivity contribution in [2.24, 2.45) is 17.8 Å². The highest BCUT2D eigenvalue weighted by Gasteiger charge is 2.24. The molecular formula is C15H29NO2. The Hall–Kier alpha value is -0.570. The Balaban J connectivity index is 2.27. The van der Waals surface area contributed by atoms with E-state index in [1.165, 1.54) is 25.9 Å². The molecule has 0 aromatic rings. The monoisotopic (exact) mass is 255 g/mol. The van der Waals surface area contributed by atoms with E-state index >= 15 is 0 Å². The van der Waals surface area contributed by atoms with Crippen molar-refractivity contribution in [2.45, 2.75) is 52.9 Å². The standard InChI is InChI=1S/C15H29NO2/c1-4-16(10-12(2)3)11-14-7-5-13(6-8-14)9-15(17)18/h12-14H,4-11H2,1-3H3,(H,17,18). The van der Waals surface area contributed by atoms with Crippen molar-refractivity contribution in [1.29, 1.82) is 0 Å². The maximum Gasteiger partial charge on any atom is 0.303 e. The molecule has 0 unspecified atom stereocenters. The summed E-state index contributed by atoms with van der Waals surface area (Å²) in [6, 6.07) is 0. The first-order valence-electron chi connectivity index (χ1n) is 7.45. The third-order valence-electron chi connectivity index (χ3n) is 4.02. The molecule has 0 radical (unpaired) electrons. The SMILES string of the molecule is CCN(CC(C)C)CC1CCC(CC(=O)O)CC1. The lowest BCUT2D eigenvalue weighted by Crippen LogP contribution is -2.34. The van der Waals surface area contributed by atoms with Crippen molar-refractivity contribution in [3.63, 3.8) is 0 Å². The van der Waals surface area contributed by atoms with Gasteiger partial charge in [-0.15, -0.1) is 0 Å². The fraction of sp³-hybridized carbons (Fsp3) is 0.933. The summed E-state index contributed by atoms with van der Waals surface area (Å²) in [6.45, 7) is 10.3. The fourth-order valence-electron chi connectivity index (χ4n) is 3.08. The van der Waals surface area contributed by atoms with Crippen LogP contribution in [0, 0.1) is 17.8 Å². The molecule has 3 nitrogen and oxygen atoms in total. The van der Waals surface area contributed by atoms with Gasteiger partial charge >= 0.3 is 5.97 Å². The molecule has 0 aromatic heterocycles. The maximum atomic E-state index is 10.7. The van der Waals surface area contributed by atoms with E-state index in [1.807, 2.05) is 0 Å². The molecule has 0 atom stereocenters. The third kappa shape index (κ3) is 5.85. The minimum atomic E-state index is -0.631. The molecule has 1 rings (SSSR count). The van der Waals surface area contributed by atoms with Crippen LogP contribution in [0.5, 0.6) is 0 Å². The van der Waals surface area contributed by atoms with Crippen LogP contribution in [0.4, 0.5) is 0 Å². The Labute approximate surface area is 112 Å². The van der Waals surface area contributed by atoms with Gasteiger partial charge in [0.05, 0.1) is 0 Å². The van der Waals surface area contributed by atoms with E-state index in [-0.39, 0.29) is 0 Å². The van der Waals surface area contributed by atoms with Crippen LogP contribution in [0.25, 0.3) is 0 Å². The molecule has 0 bridgehead atoms. The second kappa shape index (κ2) is 7.78. The summed E-state index contributed by atoms with van der Waals surface area (Å²) in [5.74, 6) is 1.31. The summed E-state index contributed by atoms with van der Waals surface area (Å²) in [5, 5.41) is 8.81. The van der Waals surface area contributed by atoms with E-state index < -0.39 is 5.97 Å². The lowest BCUT2D eigenvalue weighted by Gasteiger charge is -2.32. The van der Waals surface area contributed by atoms with Crippen molar-refractivity contribution < 1.29 is 9.90 Å². The van der Waals surface area contributed by atoms with Crippen LogP contribution in [0.2, 0.25) is 0 Å². The molecule has 0 saturated heterocycles. The first-order chi connectivity index (χ1) is 8.51. The maximum absolute atomic E-state index is 10.7. The summed E-state index contributed by atoms with van der Waals surface area (Å²) in [5.41, 5.74) is 0. The van der Waals surface area contributed by atoms with Gasteiger partial charge in [0.2, 0.25) is 0 Å². The lowest BCUT2D eigenvalue weighted by atomic mass is 9.80. The molecule has 1 N–H and O–H groups in total. The normalized spacial score (nSPS) is 24.7. The van der Waals surface area contributed by atoms with E-state index in [0.717, 1.165) is 31.2 Å². The number of nitrogens with zero attached hydrogens (tertiary/aromatic N) is 1. The number of aliphatic carboxylic acids is 1. The Kier molecular flexibility index (Phi) is 6.69. The summed E-state index contributed by atoms with van der Waals surface area (Å²) in [6.07, 6.45) is 5.02. The number of hydrogen-bond donors (Lipinski definition) is 1. The van der Waals surface area contributed by atoms with Gasteiger partial charge in [-0.05, 0) is 50.0 Å². The lowest BCUT2D eigenvalue weighted by molar-refractivity contribution is -0.138. The van der Waals surface area contributed by atoms with E-state index in [4.69, 9.17) is 5.11 Å². The molecule has 0 heterocycles. The van der Waals surface area contributed by atoms with Gasteiger partial charge in [-0.2, -0.15) is 0 Å². The summed E-state index contributed by atoms with van der Waals surface area (Å²) in [4.78, 5) is 13.2. The second-order valence-electron chi connectivity index (χ2n) is 6.23. The minimum absolute atomic E-state index is 0.371. The van der Waals surface area contributed by atoms with Gasteiger partial charge in [-0.1, -0.05) is 20.8 Å². The molecule has 1 aliphatic rings. The number of carbonyl (C=O) groups is 1. The van der Waals surface area contributed by atoms with Gasteiger partial charge in [0, 0.05) is 19.5 Å². The van der Waals surface area contributed by atoms with Gasteiger partial charge in [0.25, 0.3) is 0 Å². The van der Waals surface area contributed by atoms with Crippen molar-refractivity contribution in [3.8, 4) is 0 Å². The highest BCUT2D eigenvalue weighted by atomic mass is 16.4. The topological polar surface area (TPSA) is 40.5 Å². The number of rotatable bonds is 7. The predicted octanol–water partition coefficient (Wildman–Crippen LogP) is 3.25. The van der Waals surface area contributed by atoms with Crippen LogP contribution in [-0.2, 0) is 4.79 Å². The quantitative estimate of drug-likeness (QED) is 0.759. The van der Waals surface area contributed by atoms with Crippen LogP contribution >= 0.6 is 0 Å². The molecule has 1 fully saturated rings. The van der Waals surface area contributed by atoms with Gasteiger partial charge in [0.15, 0.2) is 0 Å². The highest BCUT2D eigenvalue weighted by molar-refractivity contribution is 5.67. The smallest absolute Gasteiger partial charge is 0.303 e.